The summed E-state index contributed by atoms with van der Waals surface area (Å²) in [5.74, 6) is 0.890. The standard InChI is InChI=1S/C18H37N/c1-3-17(4-2)16-19-18-14-12-10-8-6-5-7-9-11-13-15-18/h17-19H,3-16H2,1-2H3. The van der Waals surface area contributed by atoms with Crippen LogP contribution < -0.4 is 5.32 Å². The Morgan fingerprint density at radius 3 is 1.58 bits per heavy atom. The van der Waals surface area contributed by atoms with Crippen LogP contribution in [0.1, 0.15) is 97.3 Å². The SMILES string of the molecule is CCC(CC)CNC1CCCCCCCCCCC1. The number of nitrogens with one attached hydrogen (secondary N) is 1. The summed E-state index contributed by atoms with van der Waals surface area (Å²) in [6.07, 6.45) is 18.7. The summed E-state index contributed by atoms with van der Waals surface area (Å²) in [6, 6.07) is 0.806. The zero-order valence-corrected chi connectivity index (χ0v) is 13.6. The van der Waals surface area contributed by atoms with Gasteiger partial charge in [0, 0.05) is 6.04 Å². The van der Waals surface area contributed by atoms with Crippen LogP contribution in [-0.2, 0) is 0 Å². The van der Waals surface area contributed by atoms with Crippen LogP contribution in [0.5, 0.6) is 0 Å². The van der Waals surface area contributed by atoms with E-state index < -0.39 is 0 Å². The van der Waals surface area contributed by atoms with E-state index in [-0.39, 0.29) is 0 Å². The predicted octanol–water partition coefficient (Wildman–Crippen LogP) is 5.69. The average Bonchev–Trinajstić information content (AvgIpc) is 2.42. The smallest absolute Gasteiger partial charge is 0.00671 e. The highest BCUT2D eigenvalue weighted by molar-refractivity contribution is 4.70. The van der Waals surface area contributed by atoms with Crippen molar-refractivity contribution in [3.8, 4) is 0 Å². The molecule has 19 heavy (non-hydrogen) atoms. The lowest BCUT2D eigenvalue weighted by atomic mass is 9.97. The molecule has 0 radical (unpaired) electrons. The van der Waals surface area contributed by atoms with Crippen molar-refractivity contribution >= 4 is 0 Å². The van der Waals surface area contributed by atoms with E-state index in [1.165, 1.54) is 90.0 Å². The van der Waals surface area contributed by atoms with Crippen LogP contribution in [0.15, 0.2) is 0 Å². The molecule has 1 rings (SSSR count). The first-order valence-electron chi connectivity index (χ1n) is 9.10. The molecule has 0 unspecified atom stereocenters. The van der Waals surface area contributed by atoms with Crippen LogP contribution in [0.2, 0.25) is 0 Å². The number of hydrogen-bond acceptors (Lipinski definition) is 1. The Bertz CT molecular complexity index is 174. The normalized spacial score (nSPS) is 21.0. The lowest BCUT2D eigenvalue weighted by Gasteiger charge is -2.22. The van der Waals surface area contributed by atoms with Gasteiger partial charge in [0.1, 0.15) is 0 Å². The van der Waals surface area contributed by atoms with Gasteiger partial charge >= 0.3 is 0 Å². The molecule has 1 nitrogen and oxygen atoms in total. The van der Waals surface area contributed by atoms with Gasteiger partial charge in [-0.05, 0) is 25.3 Å². The van der Waals surface area contributed by atoms with Crippen LogP contribution in [0, 0.1) is 5.92 Å². The second-order valence-corrected chi connectivity index (χ2v) is 6.55. The van der Waals surface area contributed by atoms with Gasteiger partial charge in [0.05, 0.1) is 0 Å². The molecule has 0 bridgehead atoms. The summed E-state index contributed by atoms with van der Waals surface area (Å²) >= 11 is 0. The average molecular weight is 268 g/mol. The van der Waals surface area contributed by atoms with Gasteiger partial charge in [0.2, 0.25) is 0 Å². The van der Waals surface area contributed by atoms with Gasteiger partial charge in [-0.3, -0.25) is 0 Å². The Balaban J connectivity index is 2.25. The molecular weight excluding hydrogens is 230 g/mol. The third-order valence-electron chi connectivity index (χ3n) is 4.96. The Morgan fingerprint density at radius 2 is 1.16 bits per heavy atom. The maximum Gasteiger partial charge on any atom is 0.00671 e. The molecule has 0 amide bonds. The van der Waals surface area contributed by atoms with Crippen molar-refractivity contribution in [1.29, 1.82) is 0 Å². The van der Waals surface area contributed by atoms with Gasteiger partial charge in [-0.1, -0.05) is 84.5 Å². The Morgan fingerprint density at radius 1 is 0.737 bits per heavy atom. The zero-order valence-electron chi connectivity index (χ0n) is 13.6. The van der Waals surface area contributed by atoms with Crippen molar-refractivity contribution < 1.29 is 0 Å². The summed E-state index contributed by atoms with van der Waals surface area (Å²) < 4.78 is 0. The fraction of sp³-hybridized carbons (Fsp3) is 1.00. The van der Waals surface area contributed by atoms with E-state index in [2.05, 4.69) is 19.2 Å². The first-order valence-corrected chi connectivity index (χ1v) is 9.10. The molecule has 1 fully saturated rings. The second kappa shape index (κ2) is 11.8. The van der Waals surface area contributed by atoms with Gasteiger partial charge < -0.3 is 5.32 Å². The zero-order chi connectivity index (χ0) is 13.8. The van der Waals surface area contributed by atoms with E-state index in [1.54, 1.807) is 0 Å². The number of rotatable bonds is 5. The van der Waals surface area contributed by atoms with Gasteiger partial charge in [-0.2, -0.15) is 0 Å². The van der Waals surface area contributed by atoms with E-state index in [9.17, 15) is 0 Å². The third kappa shape index (κ3) is 8.68. The fourth-order valence-electron chi connectivity index (χ4n) is 3.28. The highest BCUT2D eigenvalue weighted by Crippen LogP contribution is 2.17. The molecule has 0 aliphatic heterocycles. The molecule has 0 aromatic carbocycles. The van der Waals surface area contributed by atoms with Gasteiger partial charge in [0.25, 0.3) is 0 Å². The summed E-state index contributed by atoms with van der Waals surface area (Å²) in [6.45, 7) is 5.91. The Hall–Kier alpha value is -0.0400. The summed E-state index contributed by atoms with van der Waals surface area (Å²) in [5.41, 5.74) is 0. The van der Waals surface area contributed by atoms with Crippen molar-refractivity contribution in [2.75, 3.05) is 6.54 Å². The molecule has 0 saturated heterocycles. The highest BCUT2D eigenvalue weighted by atomic mass is 14.9. The molecule has 1 saturated carbocycles. The van der Waals surface area contributed by atoms with Crippen molar-refractivity contribution in [2.45, 2.75) is 103 Å². The van der Waals surface area contributed by atoms with Crippen LogP contribution in [0.25, 0.3) is 0 Å². The summed E-state index contributed by atoms with van der Waals surface area (Å²) in [4.78, 5) is 0. The van der Waals surface area contributed by atoms with E-state index >= 15 is 0 Å². The van der Waals surface area contributed by atoms with E-state index in [4.69, 9.17) is 0 Å². The second-order valence-electron chi connectivity index (χ2n) is 6.55. The summed E-state index contributed by atoms with van der Waals surface area (Å²) in [7, 11) is 0. The topological polar surface area (TPSA) is 12.0 Å². The van der Waals surface area contributed by atoms with Crippen molar-refractivity contribution in [3.05, 3.63) is 0 Å². The quantitative estimate of drug-likeness (QED) is 0.675. The molecule has 0 atom stereocenters. The molecule has 1 N–H and O–H groups in total. The van der Waals surface area contributed by atoms with Crippen molar-refractivity contribution in [3.63, 3.8) is 0 Å². The maximum atomic E-state index is 3.88. The summed E-state index contributed by atoms with van der Waals surface area (Å²) in [5, 5.41) is 3.88. The molecule has 0 heterocycles. The highest BCUT2D eigenvalue weighted by Gasteiger charge is 2.11. The monoisotopic (exact) mass is 267 g/mol. The Kier molecular flexibility index (Phi) is 10.5. The minimum absolute atomic E-state index is 0.806. The molecule has 1 aliphatic rings. The van der Waals surface area contributed by atoms with E-state index in [0.29, 0.717) is 0 Å². The largest absolute Gasteiger partial charge is 0.314 e. The van der Waals surface area contributed by atoms with Crippen LogP contribution in [0.4, 0.5) is 0 Å². The fourth-order valence-corrected chi connectivity index (χ4v) is 3.28. The Labute approximate surface area is 121 Å². The van der Waals surface area contributed by atoms with Gasteiger partial charge in [-0.25, -0.2) is 0 Å². The maximum absolute atomic E-state index is 3.88. The molecule has 1 aliphatic carbocycles. The molecule has 1 heteroatoms. The first kappa shape index (κ1) is 17.0. The molecule has 0 aromatic rings. The first-order chi connectivity index (χ1) is 9.36. The molecular formula is C18H37N. The van der Waals surface area contributed by atoms with E-state index in [1.807, 2.05) is 0 Å². The van der Waals surface area contributed by atoms with Crippen molar-refractivity contribution in [1.82, 2.24) is 5.32 Å². The predicted molar refractivity (Wildman–Crippen MR) is 86.6 cm³/mol. The van der Waals surface area contributed by atoms with Crippen LogP contribution in [0.3, 0.4) is 0 Å². The molecule has 114 valence electrons. The van der Waals surface area contributed by atoms with E-state index in [0.717, 1.165) is 12.0 Å². The lowest BCUT2D eigenvalue weighted by molar-refractivity contribution is 0.361. The van der Waals surface area contributed by atoms with Gasteiger partial charge in [-0.15, -0.1) is 0 Å². The lowest BCUT2D eigenvalue weighted by Crippen LogP contribution is -2.33. The van der Waals surface area contributed by atoms with Gasteiger partial charge in [0.15, 0.2) is 0 Å². The molecule has 0 spiro atoms. The van der Waals surface area contributed by atoms with Crippen molar-refractivity contribution in [2.24, 2.45) is 5.92 Å². The van der Waals surface area contributed by atoms with Crippen LogP contribution in [-0.4, -0.2) is 12.6 Å². The molecule has 0 aromatic heterocycles. The number of hydrogen-bond donors (Lipinski definition) is 1. The third-order valence-corrected chi connectivity index (χ3v) is 4.96. The minimum atomic E-state index is 0.806. The van der Waals surface area contributed by atoms with Crippen LogP contribution >= 0.6 is 0 Å². The minimum Gasteiger partial charge on any atom is -0.314 e.